The Morgan fingerprint density at radius 3 is 0.971 bits per heavy atom. The lowest BCUT2D eigenvalue weighted by Crippen LogP contribution is -2.35. The third kappa shape index (κ3) is 41.5. The minimum atomic E-state index is -0.808. The van der Waals surface area contributed by atoms with Gasteiger partial charge in [0.1, 0.15) is 38.1 Å². The van der Waals surface area contributed by atoms with Gasteiger partial charge in [0.05, 0.1) is 159 Å². The Bertz CT molecular complexity index is 1180. The highest BCUT2D eigenvalue weighted by molar-refractivity contribution is 5.77. The number of carbonyl (C=O) groups is 3. The van der Waals surface area contributed by atoms with Crippen molar-refractivity contribution in [3.63, 3.8) is 0 Å². The van der Waals surface area contributed by atoms with Crippen LogP contribution in [-0.2, 0) is 90.2 Å². The second kappa shape index (κ2) is 47.5. The maximum atomic E-state index is 12.4. The van der Waals surface area contributed by atoms with Crippen molar-refractivity contribution in [3.05, 3.63) is 17.9 Å². The van der Waals surface area contributed by atoms with Gasteiger partial charge in [0, 0.05) is 51.4 Å². The van der Waals surface area contributed by atoms with Gasteiger partial charge in [-0.2, -0.15) is 0 Å². The molecule has 1 aliphatic rings. The van der Waals surface area contributed by atoms with E-state index in [2.05, 4.69) is 16.4 Å². The lowest BCUT2D eigenvalue weighted by molar-refractivity contribution is -0.161. The molecular weight excluding hydrogens is 917 g/mol. The standard InChI is InChI=1S/C44H84N6O19/c1-44(3-2-4-44)69-43(53)37-68-40(33-64-27-21-58-15-9-49-41(51)35-66-38(29-60-23-17-54-11-5-45)30-61-24-18-55-12-6-46)34-65-28-22-59-16-10-50-42(52)36-67-39(31-62-25-19-56-13-7-47)32-63-26-20-57-14-8-48/h3-4,38-40H,5-37,45-48H2,1H3,(H,49,51)(H,50,52). The van der Waals surface area contributed by atoms with E-state index in [9.17, 15) is 14.4 Å². The molecule has 0 aromatic carbocycles. The van der Waals surface area contributed by atoms with Crippen LogP contribution in [0.25, 0.3) is 0 Å². The van der Waals surface area contributed by atoms with Crippen LogP contribution >= 0.6 is 0 Å². The highest BCUT2D eigenvalue weighted by atomic mass is 16.6. The first-order valence-corrected chi connectivity index (χ1v) is 23.5. The van der Waals surface area contributed by atoms with E-state index in [1.165, 1.54) is 0 Å². The molecule has 25 nitrogen and oxygen atoms in total. The summed E-state index contributed by atoms with van der Waals surface area (Å²) < 4.78 is 89.0. The van der Waals surface area contributed by atoms with E-state index in [4.69, 9.17) is 98.7 Å². The summed E-state index contributed by atoms with van der Waals surface area (Å²) in [6, 6.07) is 0. The van der Waals surface area contributed by atoms with E-state index >= 15 is 0 Å². The van der Waals surface area contributed by atoms with Crippen LogP contribution in [0, 0.1) is 0 Å². The monoisotopic (exact) mass is 1000 g/mol. The quantitative estimate of drug-likeness (QED) is 0.0195. The Kier molecular flexibility index (Phi) is 44.2. The largest absolute Gasteiger partial charge is 0.448 e. The predicted octanol–water partition coefficient (Wildman–Crippen LogP) is -3.56. The number of ether oxygens (including phenoxy) is 16. The van der Waals surface area contributed by atoms with E-state index in [1.807, 2.05) is 0 Å². The Labute approximate surface area is 407 Å². The van der Waals surface area contributed by atoms with Gasteiger partial charge < -0.3 is 109 Å². The van der Waals surface area contributed by atoms with Crippen LogP contribution in [0.15, 0.2) is 17.9 Å². The number of esters is 1. The molecule has 0 saturated heterocycles. The fourth-order valence-electron chi connectivity index (χ4n) is 5.23. The molecular formula is C44H84N6O19. The molecule has 0 aliphatic heterocycles. The van der Waals surface area contributed by atoms with Gasteiger partial charge in [-0.15, -0.1) is 5.73 Å². The summed E-state index contributed by atoms with van der Waals surface area (Å²) >= 11 is 0. The number of amides is 2. The van der Waals surface area contributed by atoms with E-state index < -0.39 is 29.9 Å². The molecule has 404 valence electrons. The van der Waals surface area contributed by atoms with Gasteiger partial charge >= 0.3 is 5.97 Å². The van der Waals surface area contributed by atoms with Gasteiger partial charge in [-0.3, -0.25) is 9.59 Å². The third-order valence-electron chi connectivity index (χ3n) is 8.65. The summed E-state index contributed by atoms with van der Waals surface area (Å²) in [7, 11) is 0. The second-order valence-corrected chi connectivity index (χ2v) is 14.9. The number of hydrogen-bond donors (Lipinski definition) is 6. The summed E-state index contributed by atoms with van der Waals surface area (Å²) in [5.41, 5.74) is 23.7. The minimum Gasteiger partial charge on any atom is -0.448 e. The van der Waals surface area contributed by atoms with Crippen molar-refractivity contribution in [2.75, 3.05) is 218 Å². The van der Waals surface area contributed by atoms with Crippen LogP contribution in [0.4, 0.5) is 0 Å². The molecule has 1 aliphatic carbocycles. The number of rotatable bonds is 54. The first kappa shape index (κ1) is 64.2. The van der Waals surface area contributed by atoms with Gasteiger partial charge in [0.2, 0.25) is 11.8 Å². The molecule has 0 unspecified atom stereocenters. The maximum absolute atomic E-state index is 12.4. The summed E-state index contributed by atoms with van der Waals surface area (Å²) in [5, 5.41) is 5.49. The normalized spacial score (nSPS) is 12.9. The van der Waals surface area contributed by atoms with Crippen LogP contribution in [0.1, 0.15) is 6.92 Å². The summed E-state index contributed by atoms with van der Waals surface area (Å²) in [4.78, 5) is 37.3. The van der Waals surface area contributed by atoms with Crippen molar-refractivity contribution >= 4 is 17.8 Å². The summed E-state index contributed by atoms with van der Waals surface area (Å²) in [6.45, 7) is 10.3. The van der Waals surface area contributed by atoms with E-state index in [0.717, 1.165) is 0 Å². The summed E-state index contributed by atoms with van der Waals surface area (Å²) in [5.74, 6) is -1.21. The Morgan fingerprint density at radius 2 is 0.696 bits per heavy atom. The second-order valence-electron chi connectivity index (χ2n) is 14.9. The molecule has 0 saturated carbocycles. The van der Waals surface area contributed by atoms with E-state index in [1.54, 1.807) is 19.1 Å². The third-order valence-corrected chi connectivity index (χ3v) is 8.65. The first-order valence-electron chi connectivity index (χ1n) is 23.5. The van der Waals surface area contributed by atoms with Crippen LogP contribution in [-0.4, -0.2) is 259 Å². The number of nitrogens with one attached hydrogen (secondary N) is 2. The highest BCUT2D eigenvalue weighted by Gasteiger charge is 2.27. The average Bonchev–Trinajstić information content (AvgIpc) is 3.33. The van der Waals surface area contributed by atoms with Crippen molar-refractivity contribution in [1.29, 1.82) is 0 Å². The fourth-order valence-corrected chi connectivity index (χ4v) is 5.23. The molecule has 1 rings (SSSR count). The predicted molar refractivity (Wildman–Crippen MR) is 248 cm³/mol. The Balaban J connectivity index is 2.35. The molecule has 0 atom stereocenters. The number of nitrogens with two attached hydrogens (primary N) is 4. The smallest absolute Gasteiger partial charge is 0.333 e. The number of carbonyl (C=O) groups excluding carboxylic acids is 3. The SMILES string of the molecule is CC1(OC(=O)COC(COCCOCCNC(=O)COC(COCCOCCN)COCCOCCN)COCCOCCNC(=O)COC(COCCOCCN)COCCOCCN)C=C=C1. The van der Waals surface area contributed by atoms with E-state index in [-0.39, 0.29) is 124 Å². The zero-order valence-electron chi connectivity index (χ0n) is 40.8. The van der Waals surface area contributed by atoms with E-state index in [0.29, 0.717) is 105 Å². The van der Waals surface area contributed by atoms with Crippen LogP contribution in [0.3, 0.4) is 0 Å². The van der Waals surface area contributed by atoms with Crippen molar-refractivity contribution in [2.45, 2.75) is 30.8 Å². The van der Waals surface area contributed by atoms with Crippen LogP contribution in [0.2, 0.25) is 0 Å². The van der Waals surface area contributed by atoms with Gasteiger partial charge in [0.25, 0.3) is 0 Å². The molecule has 0 aromatic rings. The average molecular weight is 1000 g/mol. The minimum absolute atomic E-state index is 0.0956. The van der Waals surface area contributed by atoms with Crippen molar-refractivity contribution in [3.8, 4) is 0 Å². The molecule has 10 N–H and O–H groups in total. The molecule has 2 amide bonds. The lowest BCUT2D eigenvalue weighted by atomic mass is 10.0. The van der Waals surface area contributed by atoms with Gasteiger partial charge in [0.15, 0.2) is 5.60 Å². The van der Waals surface area contributed by atoms with Crippen LogP contribution < -0.4 is 33.6 Å². The maximum Gasteiger partial charge on any atom is 0.333 e. The Hall–Kier alpha value is -2.83. The van der Waals surface area contributed by atoms with Crippen molar-refractivity contribution < 1.29 is 90.2 Å². The molecule has 0 spiro atoms. The highest BCUT2D eigenvalue weighted by Crippen LogP contribution is 2.19. The lowest BCUT2D eigenvalue weighted by Gasteiger charge is -2.25. The van der Waals surface area contributed by atoms with Gasteiger partial charge in [-0.05, 0) is 6.92 Å². The summed E-state index contributed by atoms with van der Waals surface area (Å²) in [6.07, 6.45) is 1.70. The zero-order valence-corrected chi connectivity index (χ0v) is 40.8. The first-order chi connectivity index (χ1) is 33.7. The molecule has 0 aromatic heterocycles. The zero-order chi connectivity index (χ0) is 50.1. The topological polar surface area (TPSA) is 327 Å². The molecule has 0 radical (unpaired) electrons. The molecule has 0 fully saturated rings. The molecule has 0 heterocycles. The van der Waals surface area contributed by atoms with Gasteiger partial charge in [-0.1, -0.05) is 0 Å². The van der Waals surface area contributed by atoms with Gasteiger partial charge in [-0.25, -0.2) is 4.79 Å². The van der Waals surface area contributed by atoms with Crippen LogP contribution in [0.5, 0.6) is 0 Å². The van der Waals surface area contributed by atoms with Crippen molar-refractivity contribution in [2.24, 2.45) is 22.9 Å². The number of hydrogen-bond acceptors (Lipinski definition) is 23. The molecule has 25 heteroatoms. The van der Waals surface area contributed by atoms with Crippen molar-refractivity contribution in [1.82, 2.24) is 10.6 Å². The fraction of sp³-hybridized carbons (Fsp3) is 0.864. The Morgan fingerprint density at radius 1 is 0.420 bits per heavy atom. The molecule has 0 bridgehead atoms. The molecule has 69 heavy (non-hydrogen) atoms.